The first-order chi connectivity index (χ1) is 6.37. The molecule has 6 heteroatoms. The van der Waals surface area contributed by atoms with Crippen LogP contribution in [0.15, 0.2) is 0 Å². The molecule has 0 N–H and O–H groups in total. The van der Waals surface area contributed by atoms with Crippen molar-refractivity contribution in [3.05, 3.63) is 30.7 Å². The summed E-state index contributed by atoms with van der Waals surface area (Å²) >= 11 is 35.2. The highest BCUT2D eigenvalue weighted by atomic mass is 35.5. The van der Waals surface area contributed by atoms with Crippen molar-refractivity contribution in [3.63, 3.8) is 0 Å². The van der Waals surface area contributed by atoms with Gasteiger partial charge >= 0.3 is 0 Å². The van der Waals surface area contributed by atoms with Gasteiger partial charge in [0.05, 0.1) is 30.5 Å². The molecule has 0 heterocycles. The van der Waals surface area contributed by atoms with E-state index in [1.165, 1.54) is 0 Å². The predicted molar refractivity (Wildman–Crippen MR) is 65.8 cm³/mol. The second-order valence-corrected chi connectivity index (χ2v) is 5.14. The van der Waals surface area contributed by atoms with Gasteiger partial charge in [-0.3, -0.25) is 0 Å². The summed E-state index contributed by atoms with van der Waals surface area (Å²) in [7, 11) is 0. The van der Waals surface area contributed by atoms with Gasteiger partial charge in [0.25, 0.3) is 0 Å². The number of hydrogen-bond acceptors (Lipinski definition) is 0. The van der Waals surface area contributed by atoms with Crippen LogP contribution in [0.3, 0.4) is 0 Å². The van der Waals surface area contributed by atoms with Gasteiger partial charge in [0.2, 0.25) is 0 Å². The Kier molecular flexibility index (Phi) is 4.52. The Hall–Kier alpha value is 0.960. The minimum Gasteiger partial charge on any atom is -0.118 e. The zero-order chi connectivity index (χ0) is 11.0. The maximum atomic E-state index is 5.93. The molecule has 1 aromatic rings. The van der Waals surface area contributed by atoms with Gasteiger partial charge in [-0.25, -0.2) is 0 Å². The van der Waals surface area contributed by atoms with Gasteiger partial charge < -0.3 is 0 Å². The summed E-state index contributed by atoms with van der Waals surface area (Å²) in [5.41, 5.74) is 0.495. The third-order valence-electron chi connectivity index (χ3n) is 1.64. The maximum Gasteiger partial charge on any atom is 0.0809 e. The van der Waals surface area contributed by atoms with Gasteiger partial charge in [0.1, 0.15) is 0 Å². The Balaban J connectivity index is 3.60. The standard InChI is InChI=1S/C8H4Cl6/c1-2(9)3-4(10)6(12)8(14)7(13)5(3)11/h2H,1H3. The second kappa shape index (κ2) is 4.86. The van der Waals surface area contributed by atoms with E-state index in [9.17, 15) is 0 Å². The Morgan fingerprint density at radius 3 is 1.29 bits per heavy atom. The number of halogens is 6. The summed E-state index contributed by atoms with van der Waals surface area (Å²) in [6.07, 6.45) is 0. The van der Waals surface area contributed by atoms with Crippen molar-refractivity contribution in [2.75, 3.05) is 0 Å². The number of hydrogen-bond donors (Lipinski definition) is 0. The molecule has 78 valence electrons. The van der Waals surface area contributed by atoms with Crippen LogP contribution in [0.2, 0.25) is 25.1 Å². The molecule has 0 nitrogen and oxygen atoms in total. The molecule has 1 rings (SSSR count). The average Bonchev–Trinajstić information content (AvgIpc) is 2.11. The molecule has 0 amide bonds. The van der Waals surface area contributed by atoms with Crippen molar-refractivity contribution in [2.45, 2.75) is 12.3 Å². The number of benzene rings is 1. The summed E-state index contributed by atoms with van der Waals surface area (Å²) in [5.74, 6) is 0. The monoisotopic (exact) mass is 310 g/mol. The lowest BCUT2D eigenvalue weighted by atomic mass is 10.1. The van der Waals surface area contributed by atoms with Crippen molar-refractivity contribution in [2.24, 2.45) is 0 Å². The molecular formula is C8H4Cl6. The first-order valence-corrected chi connectivity index (χ1v) is 5.86. The fraction of sp³-hybridized carbons (Fsp3) is 0.250. The van der Waals surface area contributed by atoms with Crippen molar-refractivity contribution < 1.29 is 0 Å². The molecule has 0 fully saturated rings. The summed E-state index contributed by atoms with van der Waals surface area (Å²) in [6, 6.07) is 0. The van der Waals surface area contributed by atoms with E-state index in [4.69, 9.17) is 69.6 Å². The Labute approximate surface area is 112 Å². The summed E-state index contributed by atoms with van der Waals surface area (Å²) < 4.78 is 0. The lowest BCUT2D eigenvalue weighted by Gasteiger charge is -2.13. The van der Waals surface area contributed by atoms with Crippen LogP contribution in [0.25, 0.3) is 0 Å². The predicted octanol–water partition coefficient (Wildman–Crippen LogP) is 6.25. The molecular weight excluding hydrogens is 309 g/mol. The van der Waals surface area contributed by atoms with E-state index in [0.717, 1.165) is 0 Å². The van der Waals surface area contributed by atoms with Crippen LogP contribution in [-0.4, -0.2) is 0 Å². The zero-order valence-electron chi connectivity index (χ0n) is 6.85. The van der Waals surface area contributed by atoms with Crippen LogP contribution < -0.4 is 0 Å². The van der Waals surface area contributed by atoms with E-state index in [-0.39, 0.29) is 30.5 Å². The lowest BCUT2D eigenvalue weighted by molar-refractivity contribution is 1.08. The van der Waals surface area contributed by atoms with E-state index in [1.807, 2.05) is 0 Å². The van der Waals surface area contributed by atoms with E-state index in [2.05, 4.69) is 0 Å². The second-order valence-electron chi connectivity index (χ2n) is 2.60. The largest absolute Gasteiger partial charge is 0.118 e. The minimum absolute atomic E-state index is 0.143. The molecule has 0 saturated carbocycles. The maximum absolute atomic E-state index is 5.93. The molecule has 0 aliphatic rings. The average molecular weight is 313 g/mol. The van der Waals surface area contributed by atoms with Crippen LogP contribution in [0.5, 0.6) is 0 Å². The molecule has 0 aliphatic carbocycles. The topological polar surface area (TPSA) is 0 Å². The zero-order valence-corrected chi connectivity index (χ0v) is 11.4. The molecule has 0 bridgehead atoms. The third kappa shape index (κ3) is 2.21. The molecule has 0 saturated heterocycles. The Bertz CT molecular complexity index is 342. The molecule has 0 aromatic heterocycles. The van der Waals surface area contributed by atoms with Gasteiger partial charge in [-0.15, -0.1) is 11.6 Å². The smallest absolute Gasteiger partial charge is 0.0809 e. The van der Waals surface area contributed by atoms with Crippen LogP contribution >= 0.6 is 69.6 Å². The number of rotatable bonds is 1. The Morgan fingerprint density at radius 2 is 1.00 bits per heavy atom. The third-order valence-corrected chi connectivity index (χ3v) is 4.17. The number of alkyl halides is 1. The Morgan fingerprint density at radius 1 is 0.714 bits per heavy atom. The molecule has 0 spiro atoms. The fourth-order valence-electron chi connectivity index (χ4n) is 0.971. The van der Waals surface area contributed by atoms with Crippen LogP contribution in [0, 0.1) is 0 Å². The summed E-state index contributed by atoms with van der Waals surface area (Å²) in [6.45, 7) is 1.72. The van der Waals surface area contributed by atoms with Gasteiger partial charge in [-0.05, 0) is 6.92 Å². The van der Waals surface area contributed by atoms with Crippen LogP contribution in [-0.2, 0) is 0 Å². The van der Waals surface area contributed by atoms with Crippen LogP contribution in [0.4, 0.5) is 0 Å². The molecule has 0 aliphatic heterocycles. The SMILES string of the molecule is CC(Cl)c1c(Cl)c(Cl)c(Cl)c(Cl)c1Cl. The molecule has 1 aromatic carbocycles. The highest BCUT2D eigenvalue weighted by Crippen LogP contribution is 2.47. The van der Waals surface area contributed by atoms with E-state index in [1.54, 1.807) is 6.92 Å². The molecule has 0 radical (unpaired) electrons. The van der Waals surface area contributed by atoms with Crippen LogP contribution in [0.1, 0.15) is 17.9 Å². The highest BCUT2D eigenvalue weighted by molar-refractivity contribution is 6.55. The lowest BCUT2D eigenvalue weighted by Crippen LogP contribution is -1.91. The first kappa shape index (κ1) is 13.0. The van der Waals surface area contributed by atoms with Crippen molar-refractivity contribution in [1.29, 1.82) is 0 Å². The van der Waals surface area contributed by atoms with E-state index >= 15 is 0 Å². The van der Waals surface area contributed by atoms with Crippen molar-refractivity contribution in [3.8, 4) is 0 Å². The summed E-state index contributed by atoms with van der Waals surface area (Å²) in [4.78, 5) is 0. The van der Waals surface area contributed by atoms with Gasteiger partial charge in [0.15, 0.2) is 0 Å². The van der Waals surface area contributed by atoms with E-state index < -0.39 is 0 Å². The molecule has 14 heavy (non-hydrogen) atoms. The first-order valence-electron chi connectivity index (χ1n) is 3.53. The van der Waals surface area contributed by atoms with Crippen molar-refractivity contribution in [1.82, 2.24) is 0 Å². The van der Waals surface area contributed by atoms with Gasteiger partial charge in [0, 0.05) is 5.56 Å². The van der Waals surface area contributed by atoms with Crippen molar-refractivity contribution >= 4 is 69.6 Å². The summed E-state index contributed by atoms with van der Waals surface area (Å²) in [5, 5.41) is 0.587. The fourth-order valence-corrected chi connectivity index (χ4v) is 2.78. The van der Waals surface area contributed by atoms with Gasteiger partial charge in [-0.1, -0.05) is 58.0 Å². The highest BCUT2D eigenvalue weighted by Gasteiger charge is 2.21. The normalized spacial score (nSPS) is 13.1. The minimum atomic E-state index is -0.387. The quantitative estimate of drug-likeness (QED) is 0.326. The molecule has 1 atom stereocenters. The van der Waals surface area contributed by atoms with E-state index in [0.29, 0.717) is 5.56 Å². The van der Waals surface area contributed by atoms with Gasteiger partial charge in [-0.2, -0.15) is 0 Å². The molecule has 1 unspecified atom stereocenters.